The maximum Gasteiger partial charge on any atom is 0.379 e. The summed E-state index contributed by atoms with van der Waals surface area (Å²) in [5.41, 5.74) is 1.02. The van der Waals surface area contributed by atoms with Gasteiger partial charge < -0.3 is 9.47 Å². The first-order valence-electron chi connectivity index (χ1n) is 5.74. The number of hydrogen-bond acceptors (Lipinski definition) is 4. The van der Waals surface area contributed by atoms with Crippen LogP contribution in [-0.2, 0) is 9.53 Å². The van der Waals surface area contributed by atoms with Gasteiger partial charge in [-0.25, -0.2) is 4.79 Å². The maximum absolute atomic E-state index is 11.7. The molecule has 1 aromatic rings. The summed E-state index contributed by atoms with van der Waals surface area (Å²) in [7, 11) is 0. The molecule has 0 N–H and O–H groups in total. The number of hydrogen-bond donors (Lipinski definition) is 0. The van der Waals surface area contributed by atoms with Gasteiger partial charge in [0.05, 0.1) is 11.6 Å². The Morgan fingerprint density at radius 1 is 1.37 bits per heavy atom. The first-order chi connectivity index (χ1) is 8.95. The van der Waals surface area contributed by atoms with Gasteiger partial charge >= 0.3 is 5.97 Å². The van der Waals surface area contributed by atoms with Gasteiger partial charge in [0, 0.05) is 5.56 Å². The van der Waals surface area contributed by atoms with Crippen LogP contribution in [0.3, 0.4) is 0 Å². The van der Waals surface area contributed by atoms with Crippen molar-refractivity contribution in [3.63, 3.8) is 0 Å². The molecule has 1 rings (SSSR count). The SMILES string of the molecule is C=C(C)COc1ccc(C(=O)C(=O)OCC)cc1Cl. The molecule has 0 saturated heterocycles. The Bertz CT molecular complexity index is 508. The molecule has 0 fully saturated rings. The quantitative estimate of drug-likeness (QED) is 0.348. The van der Waals surface area contributed by atoms with Crippen molar-refractivity contribution in [1.29, 1.82) is 0 Å². The van der Waals surface area contributed by atoms with Crippen LogP contribution in [0.5, 0.6) is 5.75 Å². The zero-order valence-electron chi connectivity index (χ0n) is 10.9. The van der Waals surface area contributed by atoms with Gasteiger partial charge in [-0.05, 0) is 37.6 Å². The average Bonchev–Trinajstić information content (AvgIpc) is 2.36. The summed E-state index contributed by atoms with van der Waals surface area (Å²) in [4.78, 5) is 23.0. The van der Waals surface area contributed by atoms with Crippen LogP contribution in [0.4, 0.5) is 0 Å². The van der Waals surface area contributed by atoms with E-state index in [9.17, 15) is 9.59 Å². The van der Waals surface area contributed by atoms with Gasteiger partial charge in [0.1, 0.15) is 12.4 Å². The highest BCUT2D eigenvalue weighted by atomic mass is 35.5. The fourth-order valence-electron chi connectivity index (χ4n) is 1.27. The summed E-state index contributed by atoms with van der Waals surface area (Å²) in [6.07, 6.45) is 0. The number of benzene rings is 1. The molecular weight excluding hydrogens is 268 g/mol. The monoisotopic (exact) mass is 282 g/mol. The van der Waals surface area contributed by atoms with Gasteiger partial charge in [-0.2, -0.15) is 0 Å². The second-order valence-electron chi connectivity index (χ2n) is 3.94. The van der Waals surface area contributed by atoms with Gasteiger partial charge in [0.25, 0.3) is 5.78 Å². The Labute approximate surface area is 117 Å². The lowest BCUT2D eigenvalue weighted by atomic mass is 10.1. The number of carbonyl (C=O) groups is 2. The van der Waals surface area contributed by atoms with Crippen molar-refractivity contribution in [1.82, 2.24) is 0 Å². The summed E-state index contributed by atoms with van der Waals surface area (Å²) < 4.78 is 10.0. The van der Waals surface area contributed by atoms with E-state index in [2.05, 4.69) is 11.3 Å². The van der Waals surface area contributed by atoms with Crippen LogP contribution in [0.15, 0.2) is 30.4 Å². The first kappa shape index (κ1) is 15.2. The second kappa shape index (κ2) is 6.95. The third-order valence-corrected chi connectivity index (χ3v) is 2.42. The Balaban J connectivity index is 2.84. The number of ether oxygens (including phenoxy) is 2. The lowest BCUT2D eigenvalue weighted by Gasteiger charge is -2.08. The van der Waals surface area contributed by atoms with Gasteiger partial charge in [-0.15, -0.1) is 0 Å². The normalized spacial score (nSPS) is 9.84. The van der Waals surface area contributed by atoms with E-state index < -0.39 is 11.8 Å². The van der Waals surface area contributed by atoms with Gasteiger partial charge in [-0.1, -0.05) is 18.2 Å². The Kier molecular flexibility index (Phi) is 5.57. The average molecular weight is 283 g/mol. The van der Waals surface area contributed by atoms with Crippen molar-refractivity contribution >= 4 is 23.4 Å². The molecule has 1 aromatic carbocycles. The number of rotatable bonds is 6. The molecule has 0 aromatic heterocycles. The third-order valence-electron chi connectivity index (χ3n) is 2.13. The molecule has 102 valence electrons. The van der Waals surface area contributed by atoms with E-state index in [0.717, 1.165) is 5.57 Å². The topological polar surface area (TPSA) is 52.6 Å². The van der Waals surface area contributed by atoms with E-state index in [1.165, 1.54) is 18.2 Å². The molecule has 19 heavy (non-hydrogen) atoms. The molecule has 0 aliphatic rings. The Morgan fingerprint density at radius 3 is 2.58 bits per heavy atom. The van der Waals surface area contributed by atoms with E-state index in [4.69, 9.17) is 16.3 Å². The predicted octanol–water partition coefficient (Wildman–Crippen LogP) is 3.04. The van der Waals surface area contributed by atoms with Crippen molar-refractivity contribution < 1.29 is 19.1 Å². The minimum absolute atomic E-state index is 0.151. The van der Waals surface area contributed by atoms with Crippen LogP contribution in [0.25, 0.3) is 0 Å². The molecule has 0 saturated carbocycles. The van der Waals surface area contributed by atoms with E-state index in [1.54, 1.807) is 6.92 Å². The van der Waals surface area contributed by atoms with Crippen LogP contribution < -0.4 is 4.74 Å². The van der Waals surface area contributed by atoms with Crippen molar-refractivity contribution in [2.45, 2.75) is 13.8 Å². The van der Waals surface area contributed by atoms with Crippen molar-refractivity contribution in [2.24, 2.45) is 0 Å². The molecule has 0 amide bonds. The molecule has 4 nitrogen and oxygen atoms in total. The molecule has 0 atom stereocenters. The smallest absolute Gasteiger partial charge is 0.379 e. The number of ketones is 1. The number of halogens is 1. The Hall–Kier alpha value is -1.81. The lowest BCUT2D eigenvalue weighted by Crippen LogP contribution is -2.17. The minimum Gasteiger partial charge on any atom is -0.488 e. The van der Waals surface area contributed by atoms with Crippen molar-refractivity contribution in [2.75, 3.05) is 13.2 Å². The van der Waals surface area contributed by atoms with Crippen LogP contribution in [0, 0.1) is 0 Å². The molecule has 0 aliphatic carbocycles. The van der Waals surface area contributed by atoms with Crippen LogP contribution in [0.2, 0.25) is 5.02 Å². The molecule has 5 heteroatoms. The molecule has 0 bridgehead atoms. The highest BCUT2D eigenvalue weighted by molar-refractivity contribution is 6.41. The summed E-state index contributed by atoms with van der Waals surface area (Å²) in [5.74, 6) is -1.19. The fourth-order valence-corrected chi connectivity index (χ4v) is 1.51. The molecule has 0 radical (unpaired) electrons. The number of Topliss-reactive ketones (excluding diaryl/α,β-unsaturated/α-hetero) is 1. The largest absolute Gasteiger partial charge is 0.488 e. The van der Waals surface area contributed by atoms with Crippen LogP contribution >= 0.6 is 11.6 Å². The predicted molar refractivity (Wildman–Crippen MR) is 72.7 cm³/mol. The highest BCUT2D eigenvalue weighted by Crippen LogP contribution is 2.26. The van der Waals surface area contributed by atoms with E-state index >= 15 is 0 Å². The third kappa shape index (κ3) is 4.41. The second-order valence-corrected chi connectivity index (χ2v) is 4.35. The molecule has 0 heterocycles. The van der Waals surface area contributed by atoms with Gasteiger partial charge in [-0.3, -0.25) is 4.79 Å². The van der Waals surface area contributed by atoms with Gasteiger partial charge in [0.2, 0.25) is 0 Å². The van der Waals surface area contributed by atoms with Crippen molar-refractivity contribution in [3.8, 4) is 5.75 Å². The minimum atomic E-state index is -0.894. The summed E-state index contributed by atoms with van der Waals surface area (Å²) in [5, 5.41) is 0.261. The van der Waals surface area contributed by atoms with E-state index in [1.807, 2.05) is 6.92 Å². The number of carbonyl (C=O) groups excluding carboxylic acids is 2. The molecule has 0 aliphatic heterocycles. The summed E-state index contributed by atoms with van der Waals surface area (Å²) in [6.45, 7) is 7.65. The zero-order valence-corrected chi connectivity index (χ0v) is 11.6. The van der Waals surface area contributed by atoms with Crippen molar-refractivity contribution in [3.05, 3.63) is 40.9 Å². The van der Waals surface area contributed by atoms with E-state index in [0.29, 0.717) is 12.4 Å². The van der Waals surface area contributed by atoms with Crippen LogP contribution in [-0.4, -0.2) is 25.0 Å². The maximum atomic E-state index is 11.7. The number of esters is 1. The Morgan fingerprint density at radius 2 is 2.05 bits per heavy atom. The summed E-state index contributed by atoms with van der Waals surface area (Å²) >= 11 is 5.98. The molecular formula is C14H15ClO4. The summed E-state index contributed by atoms with van der Waals surface area (Å²) in [6, 6.07) is 4.39. The standard InChI is InChI=1S/C14H15ClO4/c1-4-18-14(17)13(16)10-5-6-12(11(15)7-10)19-8-9(2)3/h5-7H,2,4,8H2,1,3H3. The van der Waals surface area contributed by atoms with E-state index in [-0.39, 0.29) is 17.2 Å². The highest BCUT2D eigenvalue weighted by Gasteiger charge is 2.18. The zero-order chi connectivity index (χ0) is 14.4. The lowest BCUT2D eigenvalue weighted by molar-refractivity contribution is -0.137. The molecule has 0 spiro atoms. The van der Waals surface area contributed by atoms with Crippen LogP contribution in [0.1, 0.15) is 24.2 Å². The fraction of sp³-hybridized carbons (Fsp3) is 0.286. The van der Waals surface area contributed by atoms with Gasteiger partial charge in [0.15, 0.2) is 0 Å². The first-order valence-corrected chi connectivity index (χ1v) is 6.11. The molecule has 0 unspecified atom stereocenters.